The van der Waals surface area contributed by atoms with E-state index in [1.54, 1.807) is 20.8 Å². The Balaban J connectivity index is 4.14. The first kappa shape index (κ1) is 8.88. The molecule has 0 aromatic rings. The Morgan fingerprint density at radius 2 is 1.67 bits per heavy atom. The predicted octanol–water partition coefficient (Wildman–Crippen LogP) is -0.533. The van der Waals surface area contributed by atoms with Crippen molar-refractivity contribution in [2.45, 2.75) is 31.9 Å². The Hall–Kier alpha value is -0.120. The van der Waals surface area contributed by atoms with E-state index in [2.05, 4.69) is 0 Å². The van der Waals surface area contributed by atoms with Crippen LogP contribution in [0.2, 0.25) is 0 Å². The van der Waals surface area contributed by atoms with Crippen LogP contribution in [-0.4, -0.2) is 28.0 Å². The number of hydrogen-bond donors (Lipinski definition) is 3. The van der Waals surface area contributed by atoms with Crippen molar-refractivity contribution in [3.63, 3.8) is 0 Å². The van der Waals surface area contributed by atoms with Crippen molar-refractivity contribution >= 4 is 0 Å². The molecule has 0 amide bonds. The minimum atomic E-state index is -1.03. The van der Waals surface area contributed by atoms with Gasteiger partial charge in [0, 0.05) is 0 Å². The normalized spacial score (nSPS) is 19.3. The van der Waals surface area contributed by atoms with E-state index >= 15 is 0 Å². The molecular weight excluding hydrogens is 118 g/mol. The van der Waals surface area contributed by atoms with Gasteiger partial charge < -0.3 is 15.9 Å². The summed E-state index contributed by atoms with van der Waals surface area (Å²) in [7, 11) is 0. The summed E-state index contributed by atoms with van der Waals surface area (Å²) in [5, 5.41) is 17.9. The topological polar surface area (TPSA) is 66.5 Å². The van der Waals surface area contributed by atoms with Gasteiger partial charge in [-0.15, -0.1) is 0 Å². The van der Waals surface area contributed by atoms with E-state index in [-0.39, 0.29) is 6.61 Å². The summed E-state index contributed by atoms with van der Waals surface area (Å²) in [5.41, 5.74) is 3.56. The standard InChI is InChI=1S/C6H15NO2/c1-5(2,9)6(3,7)4-8/h8-9H,4,7H2,1-3H3/t6-/m0/s1. The number of aliphatic hydroxyl groups excluding tert-OH is 1. The van der Waals surface area contributed by atoms with Gasteiger partial charge in [0.1, 0.15) is 0 Å². The zero-order valence-electron chi connectivity index (χ0n) is 6.18. The maximum atomic E-state index is 9.26. The second kappa shape index (κ2) is 2.25. The molecule has 0 spiro atoms. The largest absolute Gasteiger partial charge is 0.394 e. The lowest BCUT2D eigenvalue weighted by Crippen LogP contribution is -2.57. The van der Waals surface area contributed by atoms with Crippen LogP contribution >= 0.6 is 0 Å². The van der Waals surface area contributed by atoms with Crippen LogP contribution in [0.5, 0.6) is 0 Å². The molecule has 1 atom stereocenters. The first-order chi connectivity index (χ1) is 3.81. The van der Waals surface area contributed by atoms with Gasteiger partial charge in [-0.25, -0.2) is 0 Å². The molecule has 0 saturated carbocycles. The lowest BCUT2D eigenvalue weighted by molar-refractivity contribution is -0.0197. The molecule has 0 rings (SSSR count). The van der Waals surface area contributed by atoms with Gasteiger partial charge in [0.2, 0.25) is 0 Å². The van der Waals surface area contributed by atoms with Crippen molar-refractivity contribution in [3.05, 3.63) is 0 Å². The van der Waals surface area contributed by atoms with Gasteiger partial charge in [-0.05, 0) is 20.8 Å². The van der Waals surface area contributed by atoms with E-state index in [4.69, 9.17) is 10.8 Å². The third-order valence-electron chi connectivity index (χ3n) is 1.73. The summed E-state index contributed by atoms with van der Waals surface area (Å²) in [6, 6.07) is 0. The Morgan fingerprint density at radius 3 is 1.67 bits per heavy atom. The van der Waals surface area contributed by atoms with E-state index in [1.807, 2.05) is 0 Å². The lowest BCUT2D eigenvalue weighted by Gasteiger charge is -2.34. The third kappa shape index (κ3) is 1.93. The van der Waals surface area contributed by atoms with Crippen molar-refractivity contribution in [1.82, 2.24) is 0 Å². The van der Waals surface area contributed by atoms with Gasteiger partial charge >= 0.3 is 0 Å². The first-order valence-corrected chi connectivity index (χ1v) is 2.93. The summed E-state index contributed by atoms with van der Waals surface area (Å²) in [4.78, 5) is 0. The molecule has 0 heterocycles. The second-order valence-electron chi connectivity index (χ2n) is 3.13. The Labute approximate surface area is 55.5 Å². The fraction of sp³-hybridized carbons (Fsp3) is 1.00. The SMILES string of the molecule is CC(C)(O)[C@@](C)(N)CO. The molecule has 0 aromatic heterocycles. The summed E-state index contributed by atoms with van der Waals surface area (Å²) in [6.45, 7) is 4.54. The second-order valence-corrected chi connectivity index (χ2v) is 3.13. The maximum Gasteiger partial charge on any atom is 0.0790 e. The Bertz CT molecular complexity index is 93.7. The van der Waals surface area contributed by atoms with E-state index in [9.17, 15) is 5.11 Å². The summed E-state index contributed by atoms with van der Waals surface area (Å²) >= 11 is 0. The molecule has 9 heavy (non-hydrogen) atoms. The van der Waals surface area contributed by atoms with Gasteiger partial charge in [-0.1, -0.05) is 0 Å². The Kier molecular flexibility index (Phi) is 2.22. The Morgan fingerprint density at radius 1 is 1.33 bits per heavy atom. The van der Waals surface area contributed by atoms with Crippen molar-refractivity contribution in [2.75, 3.05) is 6.61 Å². The molecule has 0 fully saturated rings. The predicted molar refractivity (Wildman–Crippen MR) is 36.0 cm³/mol. The molecule has 0 aliphatic heterocycles. The van der Waals surface area contributed by atoms with Gasteiger partial charge in [-0.3, -0.25) is 0 Å². The van der Waals surface area contributed by atoms with E-state index in [1.165, 1.54) is 0 Å². The van der Waals surface area contributed by atoms with Crippen molar-refractivity contribution < 1.29 is 10.2 Å². The van der Waals surface area contributed by atoms with Crippen molar-refractivity contribution in [2.24, 2.45) is 5.73 Å². The minimum Gasteiger partial charge on any atom is -0.394 e. The molecule has 0 aromatic carbocycles. The highest BCUT2D eigenvalue weighted by Crippen LogP contribution is 2.16. The van der Waals surface area contributed by atoms with Crippen LogP contribution in [0.15, 0.2) is 0 Å². The van der Waals surface area contributed by atoms with Crippen molar-refractivity contribution in [3.8, 4) is 0 Å². The molecule has 3 nitrogen and oxygen atoms in total. The average Bonchev–Trinajstić information content (AvgIpc) is 1.64. The molecule has 0 aliphatic carbocycles. The van der Waals surface area contributed by atoms with Crippen molar-refractivity contribution in [1.29, 1.82) is 0 Å². The minimum absolute atomic E-state index is 0.212. The molecule has 56 valence electrons. The molecule has 0 unspecified atom stereocenters. The fourth-order valence-electron chi connectivity index (χ4n) is 0.193. The van der Waals surface area contributed by atoms with Gasteiger partial charge in [0.15, 0.2) is 0 Å². The summed E-state index contributed by atoms with van der Waals surface area (Å²) < 4.78 is 0. The van der Waals surface area contributed by atoms with Crippen LogP contribution in [0.1, 0.15) is 20.8 Å². The van der Waals surface area contributed by atoms with Crippen LogP contribution in [-0.2, 0) is 0 Å². The highest BCUT2D eigenvalue weighted by atomic mass is 16.3. The van der Waals surface area contributed by atoms with E-state index in [0.29, 0.717) is 0 Å². The lowest BCUT2D eigenvalue weighted by atomic mass is 9.86. The summed E-state index contributed by atoms with van der Waals surface area (Å²) in [6.07, 6.45) is 0. The first-order valence-electron chi connectivity index (χ1n) is 2.93. The van der Waals surface area contributed by atoms with Crippen LogP contribution in [0.4, 0.5) is 0 Å². The zero-order chi connectivity index (χ0) is 7.71. The third-order valence-corrected chi connectivity index (χ3v) is 1.73. The highest BCUT2D eigenvalue weighted by molar-refractivity contribution is 4.93. The quantitative estimate of drug-likeness (QED) is 0.474. The molecule has 0 aliphatic rings. The molecule has 0 saturated heterocycles. The van der Waals surface area contributed by atoms with Crippen LogP contribution in [0.25, 0.3) is 0 Å². The van der Waals surface area contributed by atoms with Gasteiger partial charge in [0.05, 0.1) is 17.7 Å². The molecule has 4 N–H and O–H groups in total. The van der Waals surface area contributed by atoms with Crippen LogP contribution in [0.3, 0.4) is 0 Å². The summed E-state index contributed by atoms with van der Waals surface area (Å²) in [5.74, 6) is 0. The molecular formula is C6H15NO2. The van der Waals surface area contributed by atoms with Gasteiger partial charge in [-0.2, -0.15) is 0 Å². The zero-order valence-corrected chi connectivity index (χ0v) is 6.18. The highest BCUT2D eigenvalue weighted by Gasteiger charge is 2.34. The monoisotopic (exact) mass is 133 g/mol. The maximum absolute atomic E-state index is 9.26. The van der Waals surface area contributed by atoms with Gasteiger partial charge in [0.25, 0.3) is 0 Å². The average molecular weight is 133 g/mol. The smallest absolute Gasteiger partial charge is 0.0790 e. The molecule has 3 heteroatoms. The number of rotatable bonds is 2. The number of hydrogen-bond acceptors (Lipinski definition) is 3. The number of aliphatic hydroxyl groups is 2. The molecule has 0 bridgehead atoms. The van der Waals surface area contributed by atoms with E-state index < -0.39 is 11.1 Å². The molecule has 0 radical (unpaired) electrons. The van der Waals surface area contributed by atoms with Crippen LogP contribution < -0.4 is 5.73 Å². The van der Waals surface area contributed by atoms with Crippen LogP contribution in [0, 0.1) is 0 Å². The fourth-order valence-corrected chi connectivity index (χ4v) is 0.193. The number of nitrogens with two attached hydrogens (primary N) is 1. The van der Waals surface area contributed by atoms with E-state index in [0.717, 1.165) is 0 Å².